The Balaban J connectivity index is 1.08. The summed E-state index contributed by atoms with van der Waals surface area (Å²) in [6.45, 7) is 5.66. The molecular weight excluding hydrogens is 354 g/mol. The Hall–Kier alpha value is -1.79. The molecule has 0 spiro atoms. The first kappa shape index (κ1) is 18.3. The number of carbonyl (C=O) groups is 1. The van der Waals surface area contributed by atoms with E-state index in [0.29, 0.717) is 24.8 Å². The van der Waals surface area contributed by atoms with Crippen LogP contribution < -0.4 is 14.8 Å². The molecule has 0 atom stereocenters. The van der Waals surface area contributed by atoms with Gasteiger partial charge in [0.25, 0.3) is 0 Å². The summed E-state index contributed by atoms with van der Waals surface area (Å²) in [6.07, 6.45) is 6.82. The highest BCUT2D eigenvalue weighted by atomic mass is 16.7. The lowest BCUT2D eigenvalue weighted by molar-refractivity contribution is -0.126. The fourth-order valence-corrected chi connectivity index (χ4v) is 4.87. The summed E-state index contributed by atoms with van der Waals surface area (Å²) in [7, 11) is 0. The maximum absolute atomic E-state index is 12.3. The van der Waals surface area contributed by atoms with Crippen LogP contribution in [0.4, 0.5) is 0 Å². The zero-order valence-corrected chi connectivity index (χ0v) is 16.6. The van der Waals surface area contributed by atoms with Crippen molar-refractivity contribution in [3.8, 4) is 11.5 Å². The summed E-state index contributed by atoms with van der Waals surface area (Å²) in [5.41, 5.74) is 1.23. The van der Waals surface area contributed by atoms with Crippen molar-refractivity contribution in [3.05, 3.63) is 23.8 Å². The summed E-state index contributed by atoms with van der Waals surface area (Å²) in [6, 6.07) is 7.34. The van der Waals surface area contributed by atoms with Gasteiger partial charge in [0.05, 0.1) is 0 Å². The molecule has 1 N–H and O–H groups in total. The Kier molecular flexibility index (Phi) is 5.16. The summed E-state index contributed by atoms with van der Waals surface area (Å²) < 4.78 is 11.2. The van der Waals surface area contributed by atoms with E-state index in [0.717, 1.165) is 57.1 Å². The molecule has 0 radical (unpaired) electrons. The largest absolute Gasteiger partial charge is 0.454 e. The minimum Gasteiger partial charge on any atom is -0.454 e. The number of carbonyl (C=O) groups excluding carboxylic acids is 1. The standard InChI is InChI=1S/C22H31N3O3/c26-22(23-18-4-5-18)16-6-12-25(13-7-16)19-8-10-24(11-9-19)14-17-2-1-3-20-21(17)28-15-27-20/h1-3,16,18-19H,4-15H2,(H,23,26). The van der Waals surface area contributed by atoms with Crippen molar-refractivity contribution >= 4 is 5.91 Å². The number of para-hydroxylation sites is 1. The second-order valence-corrected chi connectivity index (χ2v) is 8.75. The molecule has 0 unspecified atom stereocenters. The Labute approximate surface area is 167 Å². The van der Waals surface area contributed by atoms with Crippen molar-refractivity contribution < 1.29 is 14.3 Å². The fourth-order valence-electron chi connectivity index (χ4n) is 4.87. The first-order valence-corrected chi connectivity index (χ1v) is 10.9. The first-order chi connectivity index (χ1) is 13.8. The quantitative estimate of drug-likeness (QED) is 0.843. The number of piperidine rings is 2. The maximum Gasteiger partial charge on any atom is 0.231 e. The third kappa shape index (κ3) is 3.98. The third-order valence-electron chi connectivity index (χ3n) is 6.77. The van der Waals surface area contributed by atoms with E-state index in [9.17, 15) is 4.79 Å². The molecule has 3 fully saturated rings. The lowest BCUT2D eigenvalue weighted by Gasteiger charge is -2.41. The van der Waals surface area contributed by atoms with E-state index in [4.69, 9.17) is 9.47 Å². The van der Waals surface area contributed by atoms with Crippen LogP contribution in [0.3, 0.4) is 0 Å². The highest BCUT2D eigenvalue weighted by Crippen LogP contribution is 2.36. The normalized spacial score (nSPS) is 24.4. The Morgan fingerprint density at radius 3 is 2.54 bits per heavy atom. The van der Waals surface area contributed by atoms with E-state index >= 15 is 0 Å². The third-order valence-corrected chi connectivity index (χ3v) is 6.77. The number of nitrogens with zero attached hydrogens (tertiary/aromatic N) is 2. The molecule has 1 saturated carbocycles. The van der Waals surface area contributed by atoms with E-state index in [1.165, 1.54) is 31.2 Å². The van der Waals surface area contributed by atoms with Gasteiger partial charge in [-0.05, 0) is 70.8 Å². The molecule has 5 rings (SSSR count). The van der Waals surface area contributed by atoms with Gasteiger partial charge in [-0.1, -0.05) is 12.1 Å². The van der Waals surface area contributed by atoms with Crippen LogP contribution in [0.5, 0.6) is 11.5 Å². The van der Waals surface area contributed by atoms with Crippen molar-refractivity contribution in [3.63, 3.8) is 0 Å². The number of hydrogen-bond acceptors (Lipinski definition) is 5. The van der Waals surface area contributed by atoms with Crippen LogP contribution in [0, 0.1) is 5.92 Å². The molecule has 2 saturated heterocycles. The Bertz CT molecular complexity index is 705. The number of nitrogens with one attached hydrogen (secondary N) is 1. The van der Waals surface area contributed by atoms with Crippen molar-refractivity contribution in [2.75, 3.05) is 33.0 Å². The zero-order chi connectivity index (χ0) is 18.9. The lowest BCUT2D eigenvalue weighted by atomic mass is 9.92. The summed E-state index contributed by atoms with van der Waals surface area (Å²) in [4.78, 5) is 17.4. The van der Waals surface area contributed by atoms with Gasteiger partial charge in [-0.2, -0.15) is 0 Å². The van der Waals surface area contributed by atoms with Gasteiger partial charge in [-0.3, -0.25) is 9.69 Å². The smallest absolute Gasteiger partial charge is 0.231 e. The number of rotatable bonds is 5. The van der Waals surface area contributed by atoms with E-state index < -0.39 is 0 Å². The number of hydrogen-bond donors (Lipinski definition) is 1. The van der Waals surface area contributed by atoms with Crippen molar-refractivity contribution in [1.29, 1.82) is 0 Å². The Morgan fingerprint density at radius 2 is 1.79 bits per heavy atom. The van der Waals surface area contributed by atoms with Gasteiger partial charge in [-0.25, -0.2) is 0 Å². The van der Waals surface area contributed by atoms with E-state index in [1.807, 2.05) is 6.07 Å². The van der Waals surface area contributed by atoms with Gasteiger partial charge >= 0.3 is 0 Å². The zero-order valence-electron chi connectivity index (χ0n) is 16.6. The molecule has 152 valence electrons. The number of ether oxygens (including phenoxy) is 2. The first-order valence-electron chi connectivity index (χ1n) is 10.9. The van der Waals surface area contributed by atoms with E-state index in [2.05, 4.69) is 27.2 Å². The average molecular weight is 386 g/mol. The van der Waals surface area contributed by atoms with Gasteiger partial charge in [0.1, 0.15) is 0 Å². The van der Waals surface area contributed by atoms with E-state index in [-0.39, 0.29) is 5.92 Å². The predicted octanol–water partition coefficient (Wildman–Crippen LogP) is 2.37. The molecule has 1 aromatic rings. The van der Waals surface area contributed by atoms with Crippen LogP contribution in [-0.2, 0) is 11.3 Å². The average Bonchev–Trinajstić information content (AvgIpc) is 3.41. The molecular formula is C22H31N3O3. The molecule has 1 aromatic carbocycles. The van der Waals surface area contributed by atoms with Gasteiger partial charge in [0.15, 0.2) is 11.5 Å². The van der Waals surface area contributed by atoms with Crippen LogP contribution in [0.1, 0.15) is 44.1 Å². The minimum atomic E-state index is 0.235. The van der Waals surface area contributed by atoms with Crippen LogP contribution in [-0.4, -0.2) is 60.8 Å². The Morgan fingerprint density at radius 1 is 1.00 bits per heavy atom. The van der Waals surface area contributed by atoms with Crippen LogP contribution in [0.2, 0.25) is 0 Å². The van der Waals surface area contributed by atoms with Crippen LogP contribution >= 0.6 is 0 Å². The van der Waals surface area contributed by atoms with Crippen LogP contribution in [0.15, 0.2) is 18.2 Å². The number of amides is 1. The molecule has 28 heavy (non-hydrogen) atoms. The predicted molar refractivity (Wildman–Crippen MR) is 106 cm³/mol. The van der Waals surface area contributed by atoms with Gasteiger partial charge in [0, 0.05) is 30.1 Å². The summed E-state index contributed by atoms with van der Waals surface area (Å²) in [5.74, 6) is 2.34. The van der Waals surface area contributed by atoms with E-state index in [1.54, 1.807) is 0 Å². The molecule has 3 heterocycles. The van der Waals surface area contributed by atoms with Gasteiger partial charge < -0.3 is 19.7 Å². The fraction of sp³-hybridized carbons (Fsp3) is 0.682. The number of likely N-dealkylation sites (tertiary alicyclic amines) is 2. The highest BCUT2D eigenvalue weighted by Gasteiger charge is 2.33. The van der Waals surface area contributed by atoms with Gasteiger partial charge in [-0.15, -0.1) is 0 Å². The monoisotopic (exact) mass is 385 g/mol. The number of fused-ring (bicyclic) bond motifs is 1. The molecule has 1 amide bonds. The maximum atomic E-state index is 12.3. The lowest BCUT2D eigenvalue weighted by Crippen LogP contribution is -2.49. The summed E-state index contributed by atoms with van der Waals surface area (Å²) >= 11 is 0. The minimum absolute atomic E-state index is 0.235. The number of benzene rings is 1. The molecule has 6 heteroatoms. The van der Waals surface area contributed by atoms with Crippen LogP contribution in [0.25, 0.3) is 0 Å². The second-order valence-electron chi connectivity index (χ2n) is 8.75. The molecule has 0 bridgehead atoms. The SMILES string of the molecule is O=C(NC1CC1)C1CCN(C2CCN(Cc3cccc4c3OCO4)CC2)CC1. The van der Waals surface area contributed by atoms with Crippen molar-refractivity contribution in [2.45, 2.75) is 57.2 Å². The van der Waals surface area contributed by atoms with Crippen molar-refractivity contribution in [2.24, 2.45) is 5.92 Å². The highest BCUT2D eigenvalue weighted by molar-refractivity contribution is 5.79. The summed E-state index contributed by atoms with van der Waals surface area (Å²) in [5, 5.41) is 3.18. The second kappa shape index (κ2) is 7.91. The van der Waals surface area contributed by atoms with Gasteiger partial charge in [0.2, 0.25) is 12.7 Å². The topological polar surface area (TPSA) is 54.0 Å². The molecule has 0 aromatic heterocycles. The van der Waals surface area contributed by atoms with Crippen molar-refractivity contribution in [1.82, 2.24) is 15.1 Å². The molecule has 6 nitrogen and oxygen atoms in total. The molecule has 3 aliphatic heterocycles. The molecule has 1 aliphatic carbocycles. The molecule has 4 aliphatic rings.